The molecule has 2 aliphatic heterocycles. The maximum Gasteiger partial charge on any atom is 0.222 e. The number of hydrogen-bond donors (Lipinski definition) is 0. The number of rotatable bonds is 5. The first-order valence-corrected chi connectivity index (χ1v) is 9.25. The van der Waals surface area contributed by atoms with Gasteiger partial charge >= 0.3 is 0 Å². The minimum absolute atomic E-state index is 0.367. The lowest BCUT2D eigenvalue weighted by molar-refractivity contribution is -0.130. The minimum Gasteiger partial charge on any atom is -0.341 e. The summed E-state index contributed by atoms with van der Waals surface area (Å²) in [5, 5.41) is 2.11. The van der Waals surface area contributed by atoms with Gasteiger partial charge in [0.15, 0.2) is 0 Å². The Bertz CT molecular complexity index is 440. The van der Waals surface area contributed by atoms with E-state index in [-0.39, 0.29) is 0 Å². The molecule has 1 aromatic heterocycles. The van der Waals surface area contributed by atoms with E-state index in [0.29, 0.717) is 18.4 Å². The van der Waals surface area contributed by atoms with Gasteiger partial charge in [-0.15, -0.1) is 11.3 Å². The second-order valence-electron chi connectivity index (χ2n) is 6.31. The van der Waals surface area contributed by atoms with Crippen molar-refractivity contribution in [2.45, 2.75) is 51.0 Å². The molecule has 2 fully saturated rings. The fourth-order valence-corrected chi connectivity index (χ4v) is 4.33. The first-order chi connectivity index (χ1) is 10.3. The molecule has 0 radical (unpaired) electrons. The number of hydrogen-bond acceptors (Lipinski definition) is 3. The number of carbonyl (C=O) groups is 1. The molecule has 3 nitrogen and oxygen atoms in total. The van der Waals surface area contributed by atoms with Gasteiger partial charge in [-0.05, 0) is 56.6 Å². The molecule has 0 spiro atoms. The van der Waals surface area contributed by atoms with Crippen LogP contribution in [0.3, 0.4) is 0 Å². The molecule has 0 aromatic carbocycles. The van der Waals surface area contributed by atoms with Crippen molar-refractivity contribution in [1.29, 1.82) is 0 Å². The summed E-state index contributed by atoms with van der Waals surface area (Å²) in [4.78, 5) is 18.4. The summed E-state index contributed by atoms with van der Waals surface area (Å²) in [5.41, 5.74) is 0. The highest BCUT2D eigenvalue weighted by molar-refractivity contribution is 7.09. The molecule has 2 aliphatic rings. The summed E-state index contributed by atoms with van der Waals surface area (Å²) in [7, 11) is 0. The standard InChI is InChI=1S/C17H26N2OS/c20-17(8-4-6-16-7-5-13-21-16)19-12-9-15(14-19)18-10-2-1-3-11-18/h5,7,13,15H,1-4,6,8-12,14H2. The third kappa shape index (κ3) is 4.07. The zero-order chi connectivity index (χ0) is 14.5. The second kappa shape index (κ2) is 7.41. The molecule has 1 amide bonds. The van der Waals surface area contributed by atoms with E-state index < -0.39 is 0 Å². The van der Waals surface area contributed by atoms with E-state index in [0.717, 1.165) is 25.9 Å². The lowest BCUT2D eigenvalue weighted by Crippen LogP contribution is -2.41. The number of likely N-dealkylation sites (tertiary alicyclic amines) is 2. The molecule has 21 heavy (non-hydrogen) atoms. The van der Waals surface area contributed by atoms with Crippen molar-refractivity contribution >= 4 is 17.2 Å². The Kier molecular flexibility index (Phi) is 5.31. The van der Waals surface area contributed by atoms with E-state index in [1.54, 1.807) is 11.3 Å². The summed E-state index contributed by atoms with van der Waals surface area (Å²) >= 11 is 1.79. The molecule has 116 valence electrons. The van der Waals surface area contributed by atoms with Gasteiger partial charge in [0, 0.05) is 30.4 Å². The van der Waals surface area contributed by atoms with Gasteiger partial charge < -0.3 is 4.90 Å². The van der Waals surface area contributed by atoms with Crippen LogP contribution in [0.25, 0.3) is 0 Å². The van der Waals surface area contributed by atoms with Crippen LogP contribution in [0.2, 0.25) is 0 Å². The summed E-state index contributed by atoms with van der Waals surface area (Å²) < 4.78 is 0. The van der Waals surface area contributed by atoms with Crippen LogP contribution >= 0.6 is 11.3 Å². The zero-order valence-corrected chi connectivity index (χ0v) is 13.6. The largest absolute Gasteiger partial charge is 0.341 e. The number of piperidine rings is 1. The average Bonchev–Trinajstić information content (AvgIpc) is 3.20. The Morgan fingerprint density at radius 3 is 2.86 bits per heavy atom. The highest BCUT2D eigenvalue weighted by Crippen LogP contribution is 2.21. The molecular formula is C17H26N2OS. The molecule has 0 aliphatic carbocycles. The monoisotopic (exact) mass is 306 g/mol. The molecular weight excluding hydrogens is 280 g/mol. The third-order valence-electron chi connectivity index (χ3n) is 4.82. The maximum atomic E-state index is 12.3. The molecule has 0 N–H and O–H groups in total. The van der Waals surface area contributed by atoms with E-state index in [2.05, 4.69) is 27.3 Å². The molecule has 0 saturated carbocycles. The van der Waals surface area contributed by atoms with E-state index in [9.17, 15) is 4.79 Å². The summed E-state index contributed by atoms with van der Waals surface area (Å²) in [5.74, 6) is 0.367. The summed E-state index contributed by atoms with van der Waals surface area (Å²) in [6.07, 6.45) is 7.99. The van der Waals surface area contributed by atoms with E-state index in [1.807, 2.05) is 0 Å². The topological polar surface area (TPSA) is 23.6 Å². The minimum atomic E-state index is 0.367. The first kappa shape index (κ1) is 15.0. The Labute approximate surface area is 131 Å². The number of thiophene rings is 1. The van der Waals surface area contributed by atoms with Gasteiger partial charge in [0.25, 0.3) is 0 Å². The van der Waals surface area contributed by atoms with Crippen LogP contribution in [-0.4, -0.2) is 47.9 Å². The summed E-state index contributed by atoms with van der Waals surface area (Å²) in [6, 6.07) is 4.88. The number of aryl methyl sites for hydroxylation is 1. The maximum absolute atomic E-state index is 12.3. The van der Waals surface area contributed by atoms with Gasteiger partial charge in [0.1, 0.15) is 0 Å². The molecule has 1 atom stereocenters. The van der Waals surface area contributed by atoms with Crippen LogP contribution in [-0.2, 0) is 11.2 Å². The van der Waals surface area contributed by atoms with Crippen LogP contribution in [0.5, 0.6) is 0 Å². The van der Waals surface area contributed by atoms with E-state index in [4.69, 9.17) is 0 Å². The zero-order valence-electron chi connectivity index (χ0n) is 12.8. The van der Waals surface area contributed by atoms with Crippen molar-refractivity contribution in [3.63, 3.8) is 0 Å². The number of amides is 1. The Balaban J connectivity index is 1.39. The van der Waals surface area contributed by atoms with Crippen molar-refractivity contribution in [3.8, 4) is 0 Å². The predicted octanol–water partition coefficient (Wildman–Crippen LogP) is 3.16. The molecule has 3 rings (SSSR count). The molecule has 4 heteroatoms. The van der Waals surface area contributed by atoms with Gasteiger partial charge in [0.2, 0.25) is 5.91 Å². The quantitative estimate of drug-likeness (QED) is 0.834. The highest BCUT2D eigenvalue weighted by atomic mass is 32.1. The van der Waals surface area contributed by atoms with Crippen LogP contribution < -0.4 is 0 Å². The normalized spacial score (nSPS) is 23.6. The van der Waals surface area contributed by atoms with Crippen molar-refractivity contribution in [1.82, 2.24) is 9.80 Å². The van der Waals surface area contributed by atoms with Gasteiger partial charge in [-0.25, -0.2) is 0 Å². The predicted molar refractivity (Wildman–Crippen MR) is 87.7 cm³/mol. The highest BCUT2D eigenvalue weighted by Gasteiger charge is 2.30. The van der Waals surface area contributed by atoms with Crippen molar-refractivity contribution in [3.05, 3.63) is 22.4 Å². The Hall–Kier alpha value is -0.870. The van der Waals surface area contributed by atoms with Crippen molar-refractivity contribution in [2.75, 3.05) is 26.2 Å². The lowest BCUT2D eigenvalue weighted by Gasteiger charge is -2.32. The van der Waals surface area contributed by atoms with Crippen LogP contribution in [0, 0.1) is 0 Å². The molecule has 3 heterocycles. The smallest absolute Gasteiger partial charge is 0.222 e. The first-order valence-electron chi connectivity index (χ1n) is 8.37. The molecule has 0 bridgehead atoms. The fraction of sp³-hybridized carbons (Fsp3) is 0.706. The van der Waals surface area contributed by atoms with Crippen molar-refractivity contribution in [2.24, 2.45) is 0 Å². The van der Waals surface area contributed by atoms with Crippen LogP contribution in [0.4, 0.5) is 0 Å². The van der Waals surface area contributed by atoms with Crippen LogP contribution in [0.15, 0.2) is 17.5 Å². The fourth-order valence-electron chi connectivity index (χ4n) is 3.58. The molecule has 1 unspecified atom stereocenters. The Morgan fingerprint density at radius 1 is 1.24 bits per heavy atom. The van der Waals surface area contributed by atoms with Crippen molar-refractivity contribution < 1.29 is 4.79 Å². The molecule has 1 aromatic rings. The van der Waals surface area contributed by atoms with E-state index >= 15 is 0 Å². The van der Waals surface area contributed by atoms with Crippen LogP contribution in [0.1, 0.15) is 43.4 Å². The lowest BCUT2D eigenvalue weighted by atomic mass is 10.1. The summed E-state index contributed by atoms with van der Waals surface area (Å²) in [6.45, 7) is 4.42. The SMILES string of the molecule is O=C(CCCc1cccs1)N1CCC(N2CCCCC2)C1. The van der Waals surface area contributed by atoms with Gasteiger partial charge in [-0.1, -0.05) is 12.5 Å². The average molecular weight is 306 g/mol. The third-order valence-corrected chi connectivity index (χ3v) is 5.75. The number of nitrogens with zero attached hydrogens (tertiary/aromatic N) is 2. The van der Waals surface area contributed by atoms with Gasteiger partial charge in [-0.3, -0.25) is 9.69 Å². The van der Waals surface area contributed by atoms with E-state index in [1.165, 1.54) is 43.6 Å². The van der Waals surface area contributed by atoms with Gasteiger partial charge in [0.05, 0.1) is 0 Å². The second-order valence-corrected chi connectivity index (χ2v) is 7.34. The Morgan fingerprint density at radius 2 is 2.10 bits per heavy atom. The number of carbonyl (C=O) groups excluding carboxylic acids is 1. The molecule has 2 saturated heterocycles. The van der Waals surface area contributed by atoms with Gasteiger partial charge in [-0.2, -0.15) is 0 Å².